The van der Waals surface area contributed by atoms with Crippen molar-refractivity contribution in [2.24, 2.45) is 4.99 Å². The molecule has 0 aromatic heterocycles. The number of unbranched alkanes of at least 4 members (excludes halogenated alkanes) is 2. The molecular weight excluding hydrogens is 218 g/mol. The molecule has 0 N–H and O–H groups in total. The van der Waals surface area contributed by atoms with E-state index in [1.54, 1.807) is 12.1 Å². The van der Waals surface area contributed by atoms with Gasteiger partial charge in [0, 0.05) is 6.42 Å². The summed E-state index contributed by atoms with van der Waals surface area (Å²) in [7, 11) is 0. The third-order valence-corrected chi connectivity index (χ3v) is 2.19. The number of hydrogen-bond acceptors (Lipinski definition) is 4. The van der Waals surface area contributed by atoms with E-state index < -0.39 is 0 Å². The lowest BCUT2D eigenvalue weighted by Gasteiger charge is -2.03. The van der Waals surface area contributed by atoms with Crippen molar-refractivity contribution in [2.75, 3.05) is 6.54 Å². The van der Waals surface area contributed by atoms with Crippen molar-refractivity contribution in [3.63, 3.8) is 0 Å². The van der Waals surface area contributed by atoms with Gasteiger partial charge in [-0.3, -0.25) is 4.79 Å². The maximum Gasteiger partial charge on any atom is 0.311 e. The molecule has 0 saturated carbocycles. The second-order valence-corrected chi connectivity index (χ2v) is 3.57. The molecule has 0 radical (unpaired) electrons. The number of nitrogens with zero attached hydrogens (tertiary/aromatic N) is 1. The van der Waals surface area contributed by atoms with Gasteiger partial charge in [-0.15, -0.1) is 0 Å². The van der Waals surface area contributed by atoms with E-state index in [9.17, 15) is 9.59 Å². The number of aliphatic imine (C=N–C) groups is 1. The first-order valence-electron chi connectivity index (χ1n) is 5.62. The second-order valence-electron chi connectivity index (χ2n) is 3.57. The van der Waals surface area contributed by atoms with E-state index in [1.165, 1.54) is 6.08 Å². The first kappa shape index (κ1) is 13.1. The number of carbonyl (C=O) groups excluding carboxylic acids is 2. The van der Waals surface area contributed by atoms with Crippen LogP contribution in [0.4, 0.5) is 0 Å². The average molecular weight is 233 g/mol. The number of rotatable bonds is 7. The van der Waals surface area contributed by atoms with Crippen molar-refractivity contribution in [1.82, 2.24) is 0 Å². The van der Waals surface area contributed by atoms with Gasteiger partial charge in [-0.05, 0) is 25.0 Å². The highest BCUT2D eigenvalue weighted by Crippen LogP contribution is 2.10. The van der Waals surface area contributed by atoms with Gasteiger partial charge in [-0.25, -0.2) is 9.79 Å². The lowest BCUT2D eigenvalue weighted by molar-refractivity contribution is -0.134. The fourth-order valence-corrected chi connectivity index (χ4v) is 1.35. The topological polar surface area (TPSA) is 55.7 Å². The van der Waals surface area contributed by atoms with Crippen LogP contribution in [0.3, 0.4) is 0 Å². The Morgan fingerprint density at radius 2 is 1.94 bits per heavy atom. The van der Waals surface area contributed by atoms with Crippen molar-refractivity contribution in [2.45, 2.75) is 25.7 Å². The summed E-state index contributed by atoms with van der Waals surface area (Å²) >= 11 is 0. The maximum absolute atomic E-state index is 11.4. The maximum atomic E-state index is 11.4. The average Bonchev–Trinajstić information content (AvgIpc) is 2.35. The summed E-state index contributed by atoms with van der Waals surface area (Å²) in [6.45, 7) is 0.483. The fourth-order valence-electron chi connectivity index (χ4n) is 1.35. The summed E-state index contributed by atoms with van der Waals surface area (Å²) < 4.78 is 5.12. The summed E-state index contributed by atoms with van der Waals surface area (Å²) in [5.74, 6) is 0.346. The van der Waals surface area contributed by atoms with Crippen LogP contribution in [0.5, 0.6) is 5.75 Å². The van der Waals surface area contributed by atoms with Gasteiger partial charge in [0.05, 0.1) is 6.54 Å². The highest BCUT2D eigenvalue weighted by atomic mass is 16.5. The SMILES string of the molecule is O=C=NCCCCCC(=O)Oc1ccccc1. The lowest BCUT2D eigenvalue weighted by Crippen LogP contribution is -2.07. The Balaban J connectivity index is 2.11. The molecule has 0 fully saturated rings. The zero-order valence-corrected chi connectivity index (χ0v) is 9.59. The van der Waals surface area contributed by atoms with Crippen molar-refractivity contribution >= 4 is 12.0 Å². The minimum absolute atomic E-state index is 0.227. The molecule has 0 amide bonds. The first-order valence-corrected chi connectivity index (χ1v) is 5.62. The summed E-state index contributed by atoms with van der Waals surface area (Å²) in [5.41, 5.74) is 0. The van der Waals surface area contributed by atoms with E-state index in [2.05, 4.69) is 4.99 Å². The third-order valence-electron chi connectivity index (χ3n) is 2.19. The van der Waals surface area contributed by atoms with E-state index in [4.69, 9.17) is 4.74 Å². The summed E-state index contributed by atoms with van der Waals surface area (Å²) in [4.78, 5) is 24.6. The molecule has 4 nitrogen and oxygen atoms in total. The van der Waals surface area contributed by atoms with Crippen molar-refractivity contribution in [3.05, 3.63) is 30.3 Å². The van der Waals surface area contributed by atoms with Gasteiger partial charge < -0.3 is 4.74 Å². The summed E-state index contributed by atoms with van der Waals surface area (Å²) in [6, 6.07) is 9.00. The molecule has 0 heterocycles. The summed E-state index contributed by atoms with van der Waals surface area (Å²) in [6.07, 6.45) is 4.28. The lowest BCUT2D eigenvalue weighted by atomic mass is 10.2. The predicted octanol–water partition coefficient (Wildman–Crippen LogP) is 2.49. The van der Waals surface area contributed by atoms with Gasteiger partial charge in [0.15, 0.2) is 0 Å². The Morgan fingerprint density at radius 3 is 2.65 bits per heavy atom. The van der Waals surface area contributed by atoms with Crippen molar-refractivity contribution in [3.8, 4) is 5.75 Å². The molecule has 4 heteroatoms. The highest BCUT2D eigenvalue weighted by molar-refractivity contribution is 5.72. The standard InChI is InChI=1S/C13H15NO3/c15-11-14-10-6-2-5-9-13(16)17-12-7-3-1-4-8-12/h1,3-4,7-8H,2,5-6,9-10H2. The number of benzene rings is 1. The first-order chi connectivity index (χ1) is 8.33. The highest BCUT2D eigenvalue weighted by Gasteiger charge is 2.03. The van der Waals surface area contributed by atoms with E-state index >= 15 is 0 Å². The Bertz CT molecular complexity index is 383. The molecule has 17 heavy (non-hydrogen) atoms. The number of isocyanates is 1. The Morgan fingerprint density at radius 1 is 1.18 bits per heavy atom. The molecule has 0 aliphatic rings. The number of hydrogen-bond donors (Lipinski definition) is 0. The van der Waals surface area contributed by atoms with E-state index in [1.807, 2.05) is 18.2 Å². The van der Waals surface area contributed by atoms with Crippen LogP contribution in [0.2, 0.25) is 0 Å². The molecule has 0 aliphatic carbocycles. The zero-order chi connectivity index (χ0) is 12.3. The minimum atomic E-state index is -0.227. The minimum Gasteiger partial charge on any atom is -0.427 e. The van der Waals surface area contributed by atoms with Gasteiger partial charge in [-0.1, -0.05) is 24.6 Å². The predicted molar refractivity (Wildman–Crippen MR) is 63.5 cm³/mol. The number of esters is 1. The van der Waals surface area contributed by atoms with Crippen LogP contribution < -0.4 is 4.74 Å². The fraction of sp³-hybridized carbons (Fsp3) is 0.385. The Labute approximate surface area is 100 Å². The van der Waals surface area contributed by atoms with Gasteiger partial charge in [0.1, 0.15) is 5.75 Å². The summed E-state index contributed by atoms with van der Waals surface area (Å²) in [5, 5.41) is 0. The van der Waals surface area contributed by atoms with Crippen LogP contribution in [0.1, 0.15) is 25.7 Å². The largest absolute Gasteiger partial charge is 0.427 e. The van der Waals surface area contributed by atoms with Crippen molar-refractivity contribution < 1.29 is 14.3 Å². The second kappa shape index (κ2) is 8.25. The quantitative estimate of drug-likeness (QED) is 0.239. The zero-order valence-electron chi connectivity index (χ0n) is 9.59. The van der Waals surface area contributed by atoms with Crippen LogP contribution in [0.25, 0.3) is 0 Å². The van der Waals surface area contributed by atoms with E-state index in [-0.39, 0.29) is 5.97 Å². The molecule has 1 rings (SSSR count). The van der Waals surface area contributed by atoms with Crippen LogP contribution in [0.15, 0.2) is 35.3 Å². The van der Waals surface area contributed by atoms with Gasteiger partial charge in [0.25, 0.3) is 0 Å². The van der Waals surface area contributed by atoms with Gasteiger partial charge in [-0.2, -0.15) is 0 Å². The Kier molecular flexibility index (Phi) is 6.37. The molecule has 0 unspecified atom stereocenters. The third kappa shape index (κ3) is 6.28. The van der Waals surface area contributed by atoms with Crippen LogP contribution >= 0.6 is 0 Å². The molecule has 0 atom stereocenters. The van der Waals surface area contributed by atoms with Gasteiger partial charge in [0.2, 0.25) is 6.08 Å². The molecule has 1 aromatic rings. The number of para-hydroxylation sites is 1. The molecule has 1 aromatic carbocycles. The number of ether oxygens (including phenoxy) is 1. The van der Waals surface area contributed by atoms with Crippen LogP contribution in [-0.2, 0) is 9.59 Å². The molecular formula is C13H15NO3. The molecule has 0 aliphatic heterocycles. The van der Waals surface area contributed by atoms with E-state index in [0.717, 1.165) is 19.3 Å². The molecule has 0 bridgehead atoms. The molecule has 0 spiro atoms. The van der Waals surface area contributed by atoms with Crippen LogP contribution in [-0.4, -0.2) is 18.6 Å². The Hall–Kier alpha value is -1.93. The molecule has 90 valence electrons. The number of carbonyl (C=O) groups is 1. The monoisotopic (exact) mass is 233 g/mol. The normalized spacial score (nSPS) is 9.41. The van der Waals surface area contributed by atoms with Gasteiger partial charge >= 0.3 is 5.97 Å². The molecule has 0 saturated heterocycles. The van der Waals surface area contributed by atoms with Crippen LogP contribution in [0, 0.1) is 0 Å². The van der Waals surface area contributed by atoms with Crippen molar-refractivity contribution in [1.29, 1.82) is 0 Å². The smallest absolute Gasteiger partial charge is 0.311 e. The van der Waals surface area contributed by atoms with E-state index in [0.29, 0.717) is 18.7 Å².